The summed E-state index contributed by atoms with van der Waals surface area (Å²) in [6.07, 6.45) is -7.27. The molecule has 5 rings (SSSR count). The van der Waals surface area contributed by atoms with E-state index in [1.54, 1.807) is 17.9 Å². The number of urea groups is 1. The van der Waals surface area contributed by atoms with E-state index >= 15 is 0 Å². The Bertz CT molecular complexity index is 1820. The highest BCUT2D eigenvalue weighted by Crippen LogP contribution is 2.32. The molecule has 1 saturated heterocycles. The number of likely N-dealkylation sites (N-methyl/N-ethyl adjacent to an activating group) is 1. The number of hydrogen-bond donors (Lipinski definition) is 4. The lowest BCUT2D eigenvalue weighted by molar-refractivity contribution is -0.192. The number of carbonyl (C=O) groups is 2. The Labute approximate surface area is 279 Å². The molecule has 2 amide bonds. The minimum Gasteiger partial charge on any atom is -0.475 e. The van der Waals surface area contributed by atoms with Gasteiger partial charge in [0.25, 0.3) is 0 Å². The summed E-state index contributed by atoms with van der Waals surface area (Å²) in [5.41, 5.74) is -0.775. The van der Waals surface area contributed by atoms with Gasteiger partial charge in [-0.1, -0.05) is 6.07 Å². The Morgan fingerprint density at radius 1 is 0.900 bits per heavy atom. The molecule has 20 heteroatoms. The number of rotatable bonds is 8. The number of piperazine rings is 1. The standard InChI is InChI=1S/C28H30F5N9O.C2HF3O2/c1-40-10-12-42(13-11-40)9-3-8-34-26-35-16-19-24(39-41(2)25(19)38-26)17-4-7-22(21(30)14-17)36-27(43)37-23-15-18(28(31,32)33)5-6-20(23)29;3-2(4,5)1(6)7/h4-7,14-16H,3,8-13H2,1-2H3,(H,34,35,38)(H2,36,37,43);(H,6,7). The maximum Gasteiger partial charge on any atom is 0.490 e. The van der Waals surface area contributed by atoms with E-state index in [0.29, 0.717) is 53.0 Å². The minimum atomic E-state index is -5.08. The third-order valence-electron chi connectivity index (χ3n) is 7.39. The zero-order valence-electron chi connectivity index (χ0n) is 26.5. The third-order valence-corrected chi connectivity index (χ3v) is 7.39. The lowest BCUT2D eigenvalue weighted by Gasteiger charge is -2.32. The van der Waals surface area contributed by atoms with Crippen molar-refractivity contribution in [2.45, 2.75) is 18.8 Å². The minimum absolute atomic E-state index is 0.270. The van der Waals surface area contributed by atoms with E-state index < -0.39 is 47.2 Å². The quantitative estimate of drug-likeness (QED) is 0.134. The summed E-state index contributed by atoms with van der Waals surface area (Å²) < 4.78 is 101. The fraction of sp³-hybridized carbons (Fsp3) is 0.367. The summed E-state index contributed by atoms with van der Waals surface area (Å²) in [4.78, 5) is 34.9. The summed E-state index contributed by atoms with van der Waals surface area (Å²) in [6.45, 7) is 5.94. The number of halogens is 8. The SMILES string of the molecule is CN1CCN(CCCNc2ncc3c(-c4ccc(NC(=O)Nc5cc(C(F)(F)F)ccc5F)c(F)c4)nn(C)c3n2)CC1.O=C(O)C(F)(F)F. The Morgan fingerprint density at radius 2 is 1.56 bits per heavy atom. The molecule has 0 saturated carbocycles. The molecule has 0 bridgehead atoms. The van der Waals surface area contributed by atoms with Crippen molar-refractivity contribution in [3.05, 3.63) is 59.8 Å². The van der Waals surface area contributed by atoms with Crippen molar-refractivity contribution in [2.24, 2.45) is 7.05 Å². The molecule has 270 valence electrons. The first-order valence-corrected chi connectivity index (χ1v) is 14.8. The number of aryl methyl sites for hydroxylation is 1. The van der Waals surface area contributed by atoms with Crippen LogP contribution in [0, 0.1) is 11.6 Å². The Balaban J connectivity index is 0.000000727. The molecule has 0 aliphatic carbocycles. The smallest absolute Gasteiger partial charge is 0.475 e. The number of nitrogens with one attached hydrogen (secondary N) is 3. The Morgan fingerprint density at radius 3 is 2.18 bits per heavy atom. The third kappa shape index (κ3) is 9.97. The first kappa shape index (κ1) is 37.7. The van der Waals surface area contributed by atoms with E-state index in [4.69, 9.17) is 9.90 Å². The molecule has 2 aromatic carbocycles. The number of carbonyl (C=O) groups excluding carboxylic acids is 1. The van der Waals surface area contributed by atoms with Crippen LogP contribution in [0.25, 0.3) is 22.3 Å². The first-order valence-electron chi connectivity index (χ1n) is 14.8. The number of hydrogen-bond acceptors (Lipinski definition) is 8. The first-order chi connectivity index (χ1) is 23.4. The molecular weight excluding hydrogens is 686 g/mol. The van der Waals surface area contributed by atoms with Gasteiger partial charge in [0, 0.05) is 51.5 Å². The molecule has 1 fully saturated rings. The van der Waals surface area contributed by atoms with Gasteiger partial charge in [0.2, 0.25) is 5.95 Å². The average molecular weight is 718 g/mol. The van der Waals surface area contributed by atoms with Crippen LogP contribution in [0.5, 0.6) is 0 Å². The van der Waals surface area contributed by atoms with E-state index in [-0.39, 0.29) is 5.69 Å². The zero-order valence-corrected chi connectivity index (χ0v) is 26.5. The van der Waals surface area contributed by atoms with E-state index in [1.807, 2.05) is 5.32 Å². The van der Waals surface area contributed by atoms with Crippen LogP contribution >= 0.6 is 0 Å². The lowest BCUT2D eigenvalue weighted by Crippen LogP contribution is -2.44. The molecule has 3 heterocycles. The van der Waals surface area contributed by atoms with Crippen molar-refractivity contribution >= 4 is 40.4 Å². The van der Waals surface area contributed by atoms with E-state index in [1.165, 1.54) is 12.1 Å². The van der Waals surface area contributed by atoms with Gasteiger partial charge in [-0.05, 0) is 50.3 Å². The van der Waals surface area contributed by atoms with Crippen molar-refractivity contribution < 1.29 is 49.8 Å². The van der Waals surface area contributed by atoms with Gasteiger partial charge < -0.3 is 30.9 Å². The number of anilines is 3. The van der Waals surface area contributed by atoms with Crippen LogP contribution in [-0.2, 0) is 18.0 Å². The van der Waals surface area contributed by atoms with Gasteiger partial charge in [-0.2, -0.15) is 36.4 Å². The van der Waals surface area contributed by atoms with Gasteiger partial charge >= 0.3 is 24.4 Å². The molecule has 1 aliphatic heterocycles. The molecule has 0 unspecified atom stereocenters. The number of amides is 2. The second kappa shape index (κ2) is 15.6. The molecule has 4 N–H and O–H groups in total. The van der Waals surface area contributed by atoms with Crippen LogP contribution in [0.2, 0.25) is 0 Å². The van der Waals surface area contributed by atoms with Gasteiger partial charge in [0.05, 0.1) is 22.3 Å². The maximum atomic E-state index is 15.0. The molecule has 0 spiro atoms. The molecule has 1 aliphatic rings. The van der Waals surface area contributed by atoms with Crippen LogP contribution in [0.3, 0.4) is 0 Å². The monoisotopic (exact) mass is 717 g/mol. The van der Waals surface area contributed by atoms with Crippen molar-refractivity contribution in [1.82, 2.24) is 29.5 Å². The Kier molecular flexibility index (Phi) is 11.8. The van der Waals surface area contributed by atoms with Crippen LogP contribution in [0.4, 0.5) is 57.2 Å². The van der Waals surface area contributed by atoms with E-state index in [9.17, 15) is 39.9 Å². The number of fused-ring (bicyclic) bond motifs is 1. The number of alkyl halides is 6. The van der Waals surface area contributed by atoms with Crippen molar-refractivity contribution in [1.29, 1.82) is 0 Å². The normalized spacial score (nSPS) is 14.2. The summed E-state index contributed by atoms with van der Waals surface area (Å²) in [6, 6.07) is 4.40. The summed E-state index contributed by atoms with van der Waals surface area (Å²) >= 11 is 0. The number of aromatic nitrogens is 4. The van der Waals surface area contributed by atoms with Crippen LogP contribution in [0.1, 0.15) is 12.0 Å². The van der Waals surface area contributed by atoms with Crippen LogP contribution in [0.15, 0.2) is 42.6 Å². The fourth-order valence-corrected chi connectivity index (χ4v) is 4.75. The molecular formula is C30H31F8N9O3. The van der Waals surface area contributed by atoms with Gasteiger partial charge in [0.15, 0.2) is 5.65 Å². The summed E-state index contributed by atoms with van der Waals surface area (Å²) in [7, 11) is 3.83. The molecule has 4 aromatic rings. The molecule has 2 aromatic heterocycles. The lowest BCUT2D eigenvalue weighted by atomic mass is 10.1. The van der Waals surface area contributed by atoms with Crippen LogP contribution < -0.4 is 16.0 Å². The number of carboxylic acids is 1. The Hall–Kier alpha value is -5.11. The zero-order chi connectivity index (χ0) is 36.8. The molecule has 12 nitrogen and oxygen atoms in total. The van der Waals surface area contributed by atoms with Gasteiger partial charge in [-0.3, -0.25) is 0 Å². The summed E-state index contributed by atoms with van der Waals surface area (Å²) in [5, 5.41) is 19.6. The van der Waals surface area contributed by atoms with Gasteiger partial charge in [-0.25, -0.2) is 28.0 Å². The number of aliphatic carboxylic acids is 1. The van der Waals surface area contributed by atoms with Gasteiger partial charge in [-0.15, -0.1) is 0 Å². The van der Waals surface area contributed by atoms with E-state index in [0.717, 1.165) is 45.2 Å². The number of benzene rings is 2. The molecule has 0 atom stereocenters. The van der Waals surface area contributed by atoms with Crippen LogP contribution in [-0.4, -0.2) is 99.1 Å². The fourth-order valence-electron chi connectivity index (χ4n) is 4.75. The highest BCUT2D eigenvalue weighted by atomic mass is 19.4. The predicted octanol–water partition coefficient (Wildman–Crippen LogP) is 5.65. The highest BCUT2D eigenvalue weighted by molar-refractivity contribution is 6.00. The molecule has 50 heavy (non-hydrogen) atoms. The largest absolute Gasteiger partial charge is 0.490 e. The second-order valence-corrected chi connectivity index (χ2v) is 11.1. The van der Waals surface area contributed by atoms with E-state index in [2.05, 4.69) is 42.5 Å². The summed E-state index contributed by atoms with van der Waals surface area (Å²) in [5.74, 6) is -4.22. The number of carboxylic acid groups (broad SMARTS) is 1. The van der Waals surface area contributed by atoms with Gasteiger partial charge in [0.1, 0.15) is 17.3 Å². The van der Waals surface area contributed by atoms with Crippen molar-refractivity contribution in [2.75, 3.05) is 62.3 Å². The topological polar surface area (TPSA) is 141 Å². The van der Waals surface area contributed by atoms with Crippen molar-refractivity contribution in [3.63, 3.8) is 0 Å². The van der Waals surface area contributed by atoms with Crippen molar-refractivity contribution in [3.8, 4) is 11.3 Å². The maximum absolute atomic E-state index is 15.0. The molecule has 0 radical (unpaired) electrons. The number of nitrogens with zero attached hydrogens (tertiary/aromatic N) is 6. The predicted molar refractivity (Wildman–Crippen MR) is 166 cm³/mol. The highest BCUT2D eigenvalue weighted by Gasteiger charge is 2.38. The second-order valence-electron chi connectivity index (χ2n) is 11.1. The average Bonchev–Trinajstić information content (AvgIpc) is 3.37.